The van der Waals surface area contributed by atoms with Gasteiger partial charge in [0.05, 0.1) is 17.8 Å². The monoisotopic (exact) mass is 254 g/mol. The molecule has 1 aromatic carbocycles. The number of hydrogen-bond acceptors (Lipinski definition) is 3. The average Bonchev–Trinajstić information content (AvgIpc) is 2.84. The maximum Gasteiger partial charge on any atom is 0.248 e. The molecule has 0 radical (unpaired) electrons. The first-order chi connectivity index (χ1) is 9.10. The second-order valence-electron chi connectivity index (χ2n) is 4.36. The number of hydrogen-bond donors (Lipinski definition) is 1. The van der Waals surface area contributed by atoms with Crippen molar-refractivity contribution in [2.45, 2.75) is 19.9 Å². The predicted molar refractivity (Wildman–Crippen MR) is 71.5 cm³/mol. The fraction of sp³-hybridized carbons (Fsp3) is 0.214. The average molecular weight is 254 g/mol. The van der Waals surface area contributed by atoms with E-state index in [0.717, 1.165) is 5.56 Å². The molecule has 1 heterocycles. The van der Waals surface area contributed by atoms with E-state index < -0.39 is 6.04 Å². The largest absolute Gasteiger partial charge is 0.324 e. The summed E-state index contributed by atoms with van der Waals surface area (Å²) < 4.78 is 1.61. The molecule has 1 aromatic heterocycles. The Morgan fingerprint density at radius 1 is 1.53 bits per heavy atom. The van der Waals surface area contributed by atoms with Crippen LogP contribution in [0.1, 0.15) is 24.1 Å². The highest BCUT2D eigenvalue weighted by Gasteiger charge is 2.15. The zero-order valence-electron chi connectivity index (χ0n) is 10.8. The molecule has 2 rings (SSSR count). The van der Waals surface area contributed by atoms with Crippen molar-refractivity contribution < 1.29 is 4.79 Å². The molecule has 19 heavy (non-hydrogen) atoms. The molecule has 5 heteroatoms. The summed E-state index contributed by atoms with van der Waals surface area (Å²) in [5.41, 5.74) is 2.13. The maximum atomic E-state index is 12.1. The lowest BCUT2D eigenvalue weighted by atomic mass is 10.2. The van der Waals surface area contributed by atoms with Crippen molar-refractivity contribution in [2.75, 3.05) is 5.32 Å². The van der Waals surface area contributed by atoms with E-state index in [0.29, 0.717) is 11.3 Å². The van der Waals surface area contributed by atoms with Crippen LogP contribution in [0.25, 0.3) is 0 Å². The quantitative estimate of drug-likeness (QED) is 0.913. The molecule has 96 valence electrons. The van der Waals surface area contributed by atoms with Crippen molar-refractivity contribution in [1.29, 1.82) is 5.26 Å². The summed E-state index contributed by atoms with van der Waals surface area (Å²) in [6.07, 6.45) is 3.52. The minimum absolute atomic E-state index is 0.168. The van der Waals surface area contributed by atoms with Crippen molar-refractivity contribution in [2.24, 2.45) is 0 Å². The molecule has 5 nitrogen and oxygen atoms in total. The van der Waals surface area contributed by atoms with Crippen molar-refractivity contribution in [3.63, 3.8) is 0 Å². The van der Waals surface area contributed by atoms with Crippen LogP contribution in [-0.2, 0) is 4.79 Å². The van der Waals surface area contributed by atoms with Crippen LogP contribution < -0.4 is 5.32 Å². The number of nitrogens with one attached hydrogen (secondary N) is 1. The summed E-state index contributed by atoms with van der Waals surface area (Å²) in [4.78, 5) is 12.1. The lowest BCUT2D eigenvalue weighted by Gasteiger charge is -2.12. The highest BCUT2D eigenvalue weighted by atomic mass is 16.2. The van der Waals surface area contributed by atoms with Crippen LogP contribution in [0.5, 0.6) is 0 Å². The predicted octanol–water partition coefficient (Wildman–Crippen LogP) is 2.26. The molecule has 2 aromatic rings. The molecule has 0 spiro atoms. The summed E-state index contributed by atoms with van der Waals surface area (Å²) in [5.74, 6) is -0.168. The normalized spacial score (nSPS) is 11.6. The summed E-state index contributed by atoms with van der Waals surface area (Å²) in [6, 6.07) is 8.44. The van der Waals surface area contributed by atoms with Gasteiger partial charge in [0, 0.05) is 11.9 Å². The molecule has 0 fully saturated rings. The lowest BCUT2D eigenvalue weighted by Crippen LogP contribution is -2.24. The van der Waals surface area contributed by atoms with E-state index in [2.05, 4.69) is 10.4 Å². The van der Waals surface area contributed by atoms with Crippen molar-refractivity contribution in [3.8, 4) is 6.07 Å². The Kier molecular flexibility index (Phi) is 3.62. The number of nitrogens with zero attached hydrogens (tertiary/aromatic N) is 3. The number of amides is 1. The summed E-state index contributed by atoms with van der Waals surface area (Å²) >= 11 is 0. The van der Waals surface area contributed by atoms with Crippen molar-refractivity contribution in [3.05, 3.63) is 47.8 Å². The van der Waals surface area contributed by atoms with Gasteiger partial charge in [0.15, 0.2) is 0 Å². The van der Waals surface area contributed by atoms with Gasteiger partial charge in [-0.25, -0.2) is 0 Å². The summed E-state index contributed by atoms with van der Waals surface area (Å²) in [7, 11) is 0. The van der Waals surface area contributed by atoms with Gasteiger partial charge >= 0.3 is 0 Å². The molecule has 1 N–H and O–H groups in total. The van der Waals surface area contributed by atoms with Gasteiger partial charge in [0.2, 0.25) is 5.91 Å². The van der Waals surface area contributed by atoms with E-state index in [9.17, 15) is 4.79 Å². The van der Waals surface area contributed by atoms with Gasteiger partial charge in [0.25, 0.3) is 0 Å². The molecular weight excluding hydrogens is 240 g/mol. The number of aryl methyl sites for hydroxylation is 1. The van der Waals surface area contributed by atoms with Crippen LogP contribution in [0, 0.1) is 18.3 Å². The molecule has 1 unspecified atom stereocenters. The van der Waals surface area contributed by atoms with Gasteiger partial charge in [-0.3, -0.25) is 9.48 Å². The molecule has 1 atom stereocenters. The number of carbonyl (C=O) groups is 1. The van der Waals surface area contributed by atoms with E-state index in [1.54, 1.807) is 42.1 Å². The van der Waals surface area contributed by atoms with E-state index in [-0.39, 0.29) is 5.91 Å². The minimum Gasteiger partial charge on any atom is -0.324 e. The van der Waals surface area contributed by atoms with Crippen LogP contribution in [-0.4, -0.2) is 15.7 Å². The molecule has 0 bridgehead atoms. The smallest absolute Gasteiger partial charge is 0.248 e. The van der Waals surface area contributed by atoms with E-state index in [1.807, 2.05) is 19.2 Å². The Morgan fingerprint density at radius 2 is 2.32 bits per heavy atom. The maximum absolute atomic E-state index is 12.1. The van der Waals surface area contributed by atoms with Gasteiger partial charge in [-0.15, -0.1) is 0 Å². The highest BCUT2D eigenvalue weighted by Crippen LogP contribution is 2.13. The molecule has 0 aliphatic rings. The van der Waals surface area contributed by atoms with Crippen LogP contribution in [0.15, 0.2) is 36.7 Å². The molecule has 0 saturated carbocycles. The zero-order chi connectivity index (χ0) is 13.8. The number of anilines is 1. The SMILES string of the molecule is Cc1cnn(C(C)C(=O)Nc2cccc(C#N)c2)c1. The van der Waals surface area contributed by atoms with E-state index in [1.165, 1.54) is 0 Å². The first-order valence-electron chi connectivity index (χ1n) is 5.92. The Morgan fingerprint density at radius 3 is 2.95 bits per heavy atom. The molecular formula is C14H14N4O. The van der Waals surface area contributed by atoms with Gasteiger partial charge in [0.1, 0.15) is 6.04 Å². The van der Waals surface area contributed by atoms with Crippen LogP contribution >= 0.6 is 0 Å². The Labute approximate surface area is 111 Å². The van der Waals surface area contributed by atoms with Crippen LogP contribution in [0.4, 0.5) is 5.69 Å². The Bertz CT molecular complexity index is 639. The van der Waals surface area contributed by atoms with Gasteiger partial charge in [-0.1, -0.05) is 6.07 Å². The van der Waals surface area contributed by atoms with Gasteiger partial charge < -0.3 is 5.32 Å². The lowest BCUT2D eigenvalue weighted by molar-refractivity contribution is -0.119. The number of benzene rings is 1. The summed E-state index contributed by atoms with van der Waals surface area (Å²) in [6.45, 7) is 3.69. The number of nitriles is 1. The Balaban J connectivity index is 2.10. The first kappa shape index (κ1) is 12.8. The fourth-order valence-corrected chi connectivity index (χ4v) is 1.68. The van der Waals surface area contributed by atoms with Crippen LogP contribution in [0.3, 0.4) is 0 Å². The molecule has 1 amide bonds. The number of rotatable bonds is 3. The second kappa shape index (κ2) is 5.36. The topological polar surface area (TPSA) is 70.7 Å². The zero-order valence-corrected chi connectivity index (χ0v) is 10.8. The third-order valence-electron chi connectivity index (χ3n) is 2.77. The highest BCUT2D eigenvalue weighted by molar-refractivity contribution is 5.93. The third kappa shape index (κ3) is 2.99. The molecule has 0 aliphatic carbocycles. The molecule has 0 saturated heterocycles. The van der Waals surface area contributed by atoms with E-state index in [4.69, 9.17) is 5.26 Å². The van der Waals surface area contributed by atoms with Gasteiger partial charge in [-0.05, 0) is 37.6 Å². The number of carbonyl (C=O) groups excluding carboxylic acids is 1. The van der Waals surface area contributed by atoms with Crippen molar-refractivity contribution in [1.82, 2.24) is 9.78 Å². The minimum atomic E-state index is -0.403. The Hall–Kier alpha value is -2.61. The summed E-state index contributed by atoms with van der Waals surface area (Å²) in [5, 5.41) is 15.7. The van der Waals surface area contributed by atoms with Gasteiger partial charge in [-0.2, -0.15) is 10.4 Å². The second-order valence-corrected chi connectivity index (χ2v) is 4.36. The van der Waals surface area contributed by atoms with Crippen LogP contribution in [0.2, 0.25) is 0 Å². The van der Waals surface area contributed by atoms with E-state index >= 15 is 0 Å². The standard InChI is InChI=1S/C14H14N4O/c1-10-8-16-18(9-10)11(2)14(19)17-13-5-3-4-12(6-13)7-15/h3-6,8-9,11H,1-2H3,(H,17,19). The number of aromatic nitrogens is 2. The first-order valence-corrected chi connectivity index (χ1v) is 5.92. The molecule has 0 aliphatic heterocycles. The van der Waals surface area contributed by atoms with Crippen molar-refractivity contribution >= 4 is 11.6 Å². The third-order valence-corrected chi connectivity index (χ3v) is 2.77. The fourth-order valence-electron chi connectivity index (χ4n) is 1.68.